The molecule has 1 aromatic rings. The zero-order chi connectivity index (χ0) is 12.5. The third kappa shape index (κ3) is 5.06. The van der Waals surface area contributed by atoms with E-state index in [-0.39, 0.29) is 23.6 Å². The summed E-state index contributed by atoms with van der Waals surface area (Å²) in [4.78, 5) is 25.3. The van der Waals surface area contributed by atoms with E-state index in [4.69, 9.17) is 5.11 Å². The van der Waals surface area contributed by atoms with Crippen molar-refractivity contribution in [1.29, 1.82) is 0 Å². The Morgan fingerprint density at radius 2 is 2.29 bits per heavy atom. The molecule has 6 heteroatoms. The molecule has 0 aromatic carbocycles. The molecular formula is C11H16N2O3S. The molecule has 0 saturated heterocycles. The van der Waals surface area contributed by atoms with Gasteiger partial charge in [0, 0.05) is 25.1 Å². The summed E-state index contributed by atoms with van der Waals surface area (Å²) < 4.78 is 0. The molecule has 0 atom stereocenters. The zero-order valence-corrected chi connectivity index (χ0v) is 10.3. The molecule has 5 nitrogen and oxygen atoms in total. The van der Waals surface area contributed by atoms with E-state index < -0.39 is 0 Å². The number of aliphatic hydroxyl groups excluding tert-OH is 1. The number of aromatic nitrogens is 1. The topological polar surface area (TPSA) is 82.2 Å². The maximum atomic E-state index is 11.6. The smallest absolute Gasteiger partial charge is 0.260 e. The Balaban J connectivity index is 2.26. The zero-order valence-electron chi connectivity index (χ0n) is 9.44. The first-order valence-electron chi connectivity index (χ1n) is 5.40. The van der Waals surface area contributed by atoms with Gasteiger partial charge in [0.15, 0.2) is 0 Å². The fraction of sp³-hybridized carbons (Fsp3) is 0.455. The van der Waals surface area contributed by atoms with Gasteiger partial charge < -0.3 is 15.4 Å². The molecule has 0 saturated carbocycles. The van der Waals surface area contributed by atoms with Gasteiger partial charge in [-0.05, 0) is 24.3 Å². The van der Waals surface area contributed by atoms with E-state index in [1.165, 1.54) is 12.3 Å². The molecule has 17 heavy (non-hydrogen) atoms. The van der Waals surface area contributed by atoms with Crippen LogP contribution in [-0.2, 0) is 0 Å². The second-order valence-corrected chi connectivity index (χ2v) is 4.58. The number of carbonyl (C=O) groups excluding carboxylic acids is 1. The van der Waals surface area contributed by atoms with Crippen LogP contribution in [0.1, 0.15) is 16.8 Å². The summed E-state index contributed by atoms with van der Waals surface area (Å²) in [5.74, 6) is 1.30. The van der Waals surface area contributed by atoms with E-state index in [9.17, 15) is 9.59 Å². The highest BCUT2D eigenvalue weighted by atomic mass is 32.2. The van der Waals surface area contributed by atoms with Crippen molar-refractivity contribution in [3.8, 4) is 0 Å². The molecule has 1 amide bonds. The van der Waals surface area contributed by atoms with Crippen LogP contribution < -0.4 is 10.9 Å². The summed E-state index contributed by atoms with van der Waals surface area (Å²) in [6, 6.07) is 3.11. The third-order valence-electron chi connectivity index (χ3n) is 2.04. The maximum absolute atomic E-state index is 11.6. The van der Waals surface area contributed by atoms with E-state index in [2.05, 4.69) is 10.3 Å². The molecule has 0 aliphatic carbocycles. The Labute approximate surface area is 104 Å². The first kappa shape index (κ1) is 13.8. The van der Waals surface area contributed by atoms with Crippen molar-refractivity contribution in [1.82, 2.24) is 10.3 Å². The van der Waals surface area contributed by atoms with E-state index in [0.717, 1.165) is 17.9 Å². The predicted molar refractivity (Wildman–Crippen MR) is 68.4 cm³/mol. The van der Waals surface area contributed by atoms with Gasteiger partial charge in [0.2, 0.25) is 0 Å². The van der Waals surface area contributed by atoms with Crippen molar-refractivity contribution >= 4 is 17.7 Å². The lowest BCUT2D eigenvalue weighted by molar-refractivity contribution is 0.0954. The second-order valence-electron chi connectivity index (χ2n) is 3.36. The lowest BCUT2D eigenvalue weighted by Crippen LogP contribution is -2.30. The van der Waals surface area contributed by atoms with Crippen LogP contribution in [0.3, 0.4) is 0 Å². The molecular weight excluding hydrogens is 240 g/mol. The second kappa shape index (κ2) is 7.92. The molecule has 0 aliphatic rings. The number of aromatic amines is 1. The molecule has 1 rings (SSSR count). The Bertz CT molecular complexity index is 406. The largest absolute Gasteiger partial charge is 0.396 e. The maximum Gasteiger partial charge on any atom is 0.260 e. The van der Waals surface area contributed by atoms with Crippen molar-refractivity contribution in [2.75, 3.05) is 24.7 Å². The van der Waals surface area contributed by atoms with E-state index in [1.807, 2.05) is 0 Å². The monoisotopic (exact) mass is 256 g/mol. The van der Waals surface area contributed by atoms with Gasteiger partial charge in [-0.15, -0.1) is 0 Å². The molecule has 0 aliphatic heterocycles. The van der Waals surface area contributed by atoms with Crippen LogP contribution >= 0.6 is 11.8 Å². The number of rotatable bonds is 7. The van der Waals surface area contributed by atoms with Crippen LogP contribution in [0, 0.1) is 0 Å². The standard InChI is InChI=1S/C11H16N2O3S/c14-6-2-7-17-8-5-13-11(16)9-3-1-4-12-10(9)15/h1,3-4,14H,2,5-8H2,(H,12,15)(H,13,16). The van der Waals surface area contributed by atoms with Crippen LogP contribution in [0.15, 0.2) is 23.1 Å². The molecule has 0 bridgehead atoms. The highest BCUT2D eigenvalue weighted by Gasteiger charge is 2.07. The minimum atomic E-state index is -0.377. The molecule has 1 aromatic heterocycles. The number of H-pyrrole nitrogens is 1. The first-order valence-corrected chi connectivity index (χ1v) is 6.55. The van der Waals surface area contributed by atoms with Crippen LogP contribution in [-0.4, -0.2) is 40.7 Å². The van der Waals surface area contributed by atoms with Gasteiger partial charge in [-0.1, -0.05) is 0 Å². The molecule has 0 unspecified atom stereocenters. The summed E-state index contributed by atoms with van der Waals surface area (Å²) in [7, 11) is 0. The molecule has 0 spiro atoms. The van der Waals surface area contributed by atoms with Crippen LogP contribution in [0.2, 0.25) is 0 Å². The van der Waals surface area contributed by atoms with Gasteiger partial charge in [-0.3, -0.25) is 9.59 Å². The summed E-state index contributed by atoms with van der Waals surface area (Å²) in [6.07, 6.45) is 2.25. The van der Waals surface area contributed by atoms with Crippen molar-refractivity contribution in [3.05, 3.63) is 34.2 Å². The van der Waals surface area contributed by atoms with E-state index in [1.54, 1.807) is 17.8 Å². The summed E-state index contributed by atoms with van der Waals surface area (Å²) in [5.41, 5.74) is -0.245. The van der Waals surface area contributed by atoms with Gasteiger partial charge in [0.25, 0.3) is 11.5 Å². The number of nitrogens with one attached hydrogen (secondary N) is 2. The Hall–Kier alpha value is -1.27. The Kier molecular flexibility index (Phi) is 6.42. The normalized spacial score (nSPS) is 10.2. The lowest BCUT2D eigenvalue weighted by atomic mass is 10.2. The highest BCUT2D eigenvalue weighted by molar-refractivity contribution is 7.99. The molecule has 1 heterocycles. The van der Waals surface area contributed by atoms with Crippen molar-refractivity contribution < 1.29 is 9.90 Å². The quantitative estimate of drug-likeness (QED) is 0.610. The minimum Gasteiger partial charge on any atom is -0.396 e. The van der Waals surface area contributed by atoms with Crippen molar-refractivity contribution in [3.63, 3.8) is 0 Å². The third-order valence-corrected chi connectivity index (χ3v) is 3.11. The highest BCUT2D eigenvalue weighted by Crippen LogP contribution is 2.00. The SMILES string of the molecule is O=C(NCCSCCCO)c1ccc[nH]c1=O. The molecule has 3 N–H and O–H groups in total. The van der Waals surface area contributed by atoms with Crippen LogP contribution in [0.5, 0.6) is 0 Å². The summed E-state index contributed by atoms with van der Waals surface area (Å²) >= 11 is 1.66. The fourth-order valence-electron chi connectivity index (χ4n) is 1.20. The summed E-state index contributed by atoms with van der Waals surface area (Å²) in [6.45, 7) is 0.710. The number of hydrogen-bond acceptors (Lipinski definition) is 4. The number of carbonyl (C=O) groups is 1. The molecule has 0 fully saturated rings. The number of aliphatic hydroxyl groups is 1. The van der Waals surface area contributed by atoms with Crippen molar-refractivity contribution in [2.45, 2.75) is 6.42 Å². The van der Waals surface area contributed by atoms with Gasteiger partial charge in [0.1, 0.15) is 5.56 Å². The van der Waals surface area contributed by atoms with E-state index in [0.29, 0.717) is 6.54 Å². The fourth-order valence-corrected chi connectivity index (χ4v) is 1.98. The average molecular weight is 256 g/mol. The van der Waals surface area contributed by atoms with Gasteiger partial charge in [-0.25, -0.2) is 0 Å². The minimum absolute atomic E-state index is 0.132. The Morgan fingerprint density at radius 1 is 1.47 bits per heavy atom. The molecule has 94 valence electrons. The Morgan fingerprint density at radius 3 is 3.00 bits per heavy atom. The van der Waals surface area contributed by atoms with E-state index >= 15 is 0 Å². The first-order chi connectivity index (χ1) is 8.25. The van der Waals surface area contributed by atoms with Gasteiger partial charge >= 0.3 is 0 Å². The van der Waals surface area contributed by atoms with Crippen molar-refractivity contribution in [2.24, 2.45) is 0 Å². The van der Waals surface area contributed by atoms with Gasteiger partial charge in [-0.2, -0.15) is 11.8 Å². The molecule has 0 radical (unpaired) electrons. The lowest BCUT2D eigenvalue weighted by Gasteiger charge is -2.04. The number of hydrogen-bond donors (Lipinski definition) is 3. The van der Waals surface area contributed by atoms with Crippen LogP contribution in [0.4, 0.5) is 0 Å². The summed E-state index contributed by atoms with van der Waals surface area (Å²) in [5, 5.41) is 11.2. The average Bonchev–Trinajstić information content (AvgIpc) is 2.34. The number of amides is 1. The number of thioether (sulfide) groups is 1. The predicted octanol–water partition coefficient (Wildman–Crippen LogP) is 0.220. The number of pyridine rings is 1. The van der Waals surface area contributed by atoms with Gasteiger partial charge in [0.05, 0.1) is 0 Å². The van der Waals surface area contributed by atoms with Crippen LogP contribution in [0.25, 0.3) is 0 Å².